The average molecular weight is 487 g/mol. The molecule has 0 radical (unpaired) electrons. The number of aromatic nitrogens is 4. The molecule has 3 aromatic rings. The molecule has 2 atom stereocenters. The lowest BCUT2D eigenvalue weighted by Crippen LogP contribution is -2.34. The van der Waals surface area contributed by atoms with Crippen molar-refractivity contribution in [2.45, 2.75) is 58.5 Å². The van der Waals surface area contributed by atoms with Crippen LogP contribution >= 0.6 is 11.6 Å². The number of hydrogen-bond acceptors (Lipinski definition) is 6. The van der Waals surface area contributed by atoms with Crippen LogP contribution in [0.4, 0.5) is 21.0 Å². The van der Waals surface area contributed by atoms with E-state index in [1.54, 1.807) is 6.33 Å². The second-order valence-corrected chi connectivity index (χ2v) is 9.77. The first-order valence-corrected chi connectivity index (χ1v) is 11.6. The number of amides is 1. The molecule has 1 amide bonds. The molecule has 1 aliphatic heterocycles. The van der Waals surface area contributed by atoms with Gasteiger partial charge in [-0.15, -0.1) is 0 Å². The van der Waals surface area contributed by atoms with E-state index in [9.17, 15) is 9.18 Å². The quantitative estimate of drug-likeness (QED) is 0.484. The van der Waals surface area contributed by atoms with Gasteiger partial charge in [-0.25, -0.2) is 19.2 Å². The number of halogens is 2. The van der Waals surface area contributed by atoms with Crippen LogP contribution in [0.2, 0.25) is 5.02 Å². The summed E-state index contributed by atoms with van der Waals surface area (Å²) in [7, 11) is 0. The highest BCUT2D eigenvalue weighted by Crippen LogP contribution is 2.32. The van der Waals surface area contributed by atoms with Crippen molar-refractivity contribution in [3.8, 4) is 5.69 Å². The lowest BCUT2D eigenvalue weighted by molar-refractivity contribution is 0.178. The summed E-state index contributed by atoms with van der Waals surface area (Å²) in [4.78, 5) is 26.2. The highest BCUT2D eigenvalue weighted by molar-refractivity contribution is 6.31. The number of imidazole rings is 1. The van der Waals surface area contributed by atoms with E-state index in [-0.39, 0.29) is 35.9 Å². The van der Waals surface area contributed by atoms with Gasteiger partial charge in [0.05, 0.1) is 30.3 Å². The number of benzene rings is 1. The summed E-state index contributed by atoms with van der Waals surface area (Å²) in [6.07, 6.45) is 4.69. The fraction of sp³-hybridized carbons (Fsp3) is 0.417. The van der Waals surface area contributed by atoms with Crippen LogP contribution in [0.5, 0.6) is 0 Å². The second-order valence-electron chi connectivity index (χ2n) is 9.36. The SMILES string of the molecule is CC[C@H]1COC(=O)N1c1nc(N[C@@H](C)c2cn(-c3ccc(Cl)c(C(C)(C)C)c3)cn2)ncc1F. The molecular formula is C24H28ClFN6O2. The Hall–Kier alpha value is -3.20. The molecule has 0 saturated carbocycles. The Balaban J connectivity index is 1.55. The summed E-state index contributed by atoms with van der Waals surface area (Å²) in [5, 5.41) is 3.87. The molecular weight excluding hydrogens is 459 g/mol. The maximum Gasteiger partial charge on any atom is 0.416 e. The van der Waals surface area contributed by atoms with E-state index < -0.39 is 11.9 Å². The molecule has 2 aromatic heterocycles. The van der Waals surface area contributed by atoms with Gasteiger partial charge in [-0.3, -0.25) is 4.90 Å². The van der Waals surface area contributed by atoms with Gasteiger partial charge in [-0.05, 0) is 42.5 Å². The first kappa shape index (κ1) is 23.9. The predicted molar refractivity (Wildman–Crippen MR) is 129 cm³/mol. The number of cyclic esters (lactones) is 1. The van der Waals surface area contributed by atoms with Gasteiger partial charge in [-0.2, -0.15) is 4.98 Å². The van der Waals surface area contributed by atoms with Crippen LogP contribution in [0.25, 0.3) is 5.69 Å². The molecule has 0 unspecified atom stereocenters. The van der Waals surface area contributed by atoms with Gasteiger partial charge in [0.25, 0.3) is 0 Å². The molecule has 1 N–H and O–H groups in total. The van der Waals surface area contributed by atoms with Gasteiger partial charge in [0, 0.05) is 16.9 Å². The minimum atomic E-state index is -0.683. The third kappa shape index (κ3) is 4.70. The standard InChI is InChI=1S/C24H28ClFN6O2/c1-6-15-12-34-23(33)32(15)21-19(26)10-27-22(30-21)29-14(2)20-11-31(13-28-20)16-7-8-18(25)17(9-16)24(3,4)5/h7-11,13-15H,6,12H2,1-5H3,(H,27,29,30)/t14-,15-/m0/s1. The molecule has 180 valence electrons. The van der Waals surface area contributed by atoms with Crippen LogP contribution in [-0.2, 0) is 10.2 Å². The first-order chi connectivity index (χ1) is 16.1. The van der Waals surface area contributed by atoms with Crippen molar-refractivity contribution in [2.75, 3.05) is 16.8 Å². The molecule has 0 aliphatic carbocycles. The number of hydrogen-bond donors (Lipinski definition) is 1. The fourth-order valence-electron chi connectivity index (χ4n) is 3.84. The predicted octanol–water partition coefficient (Wildman–Crippen LogP) is 5.66. The van der Waals surface area contributed by atoms with Crippen molar-refractivity contribution in [3.63, 3.8) is 0 Å². The highest BCUT2D eigenvalue weighted by atomic mass is 35.5. The number of nitrogens with one attached hydrogen (secondary N) is 1. The van der Waals surface area contributed by atoms with E-state index in [1.165, 1.54) is 4.90 Å². The Morgan fingerprint density at radius 3 is 2.79 bits per heavy atom. The first-order valence-electron chi connectivity index (χ1n) is 11.2. The molecule has 1 aliphatic rings. The molecule has 1 fully saturated rings. The Morgan fingerprint density at radius 1 is 1.32 bits per heavy atom. The molecule has 8 nitrogen and oxygen atoms in total. The number of carbonyl (C=O) groups excluding carboxylic acids is 1. The van der Waals surface area contributed by atoms with Crippen LogP contribution in [0, 0.1) is 5.82 Å². The van der Waals surface area contributed by atoms with Gasteiger partial charge in [-0.1, -0.05) is 39.3 Å². The van der Waals surface area contributed by atoms with Gasteiger partial charge in [0.1, 0.15) is 6.61 Å². The molecule has 3 heterocycles. The zero-order valence-electron chi connectivity index (χ0n) is 19.8. The van der Waals surface area contributed by atoms with E-state index in [0.29, 0.717) is 6.42 Å². The number of anilines is 2. The third-order valence-electron chi connectivity index (χ3n) is 5.83. The Labute approximate surface area is 203 Å². The highest BCUT2D eigenvalue weighted by Gasteiger charge is 2.36. The summed E-state index contributed by atoms with van der Waals surface area (Å²) < 4.78 is 21.5. The largest absolute Gasteiger partial charge is 0.447 e. The fourth-order valence-corrected chi connectivity index (χ4v) is 4.24. The Bertz CT molecular complexity index is 1210. The van der Waals surface area contributed by atoms with E-state index in [0.717, 1.165) is 28.2 Å². The molecule has 0 bridgehead atoms. The van der Waals surface area contributed by atoms with Gasteiger partial charge in [0.15, 0.2) is 11.6 Å². The number of rotatable bonds is 6. The number of ether oxygens (including phenoxy) is 1. The minimum Gasteiger partial charge on any atom is -0.447 e. The molecule has 4 rings (SSSR count). The Kier molecular flexibility index (Phi) is 6.49. The molecule has 1 aromatic carbocycles. The number of carbonyl (C=O) groups is 1. The minimum absolute atomic E-state index is 0.0957. The molecule has 1 saturated heterocycles. The topological polar surface area (TPSA) is 85.2 Å². The maximum atomic E-state index is 14.5. The van der Waals surface area contributed by atoms with Gasteiger partial charge >= 0.3 is 6.09 Å². The normalized spacial score (nSPS) is 17.1. The van der Waals surface area contributed by atoms with E-state index in [2.05, 4.69) is 47.1 Å². The van der Waals surface area contributed by atoms with Crippen LogP contribution in [0.15, 0.2) is 36.9 Å². The lowest BCUT2D eigenvalue weighted by Gasteiger charge is -2.21. The van der Waals surface area contributed by atoms with Gasteiger partial charge < -0.3 is 14.6 Å². The van der Waals surface area contributed by atoms with Crippen molar-refractivity contribution in [2.24, 2.45) is 0 Å². The van der Waals surface area contributed by atoms with Crippen molar-refractivity contribution in [1.29, 1.82) is 0 Å². The van der Waals surface area contributed by atoms with E-state index >= 15 is 0 Å². The van der Waals surface area contributed by atoms with E-state index in [1.807, 2.05) is 36.7 Å². The van der Waals surface area contributed by atoms with Crippen LogP contribution in [0.3, 0.4) is 0 Å². The molecule has 0 spiro atoms. The summed E-state index contributed by atoms with van der Waals surface area (Å²) in [6, 6.07) is 5.34. The van der Waals surface area contributed by atoms with Crippen molar-refractivity contribution < 1.29 is 13.9 Å². The molecule has 34 heavy (non-hydrogen) atoms. The van der Waals surface area contributed by atoms with E-state index in [4.69, 9.17) is 16.3 Å². The smallest absolute Gasteiger partial charge is 0.416 e. The third-order valence-corrected chi connectivity index (χ3v) is 6.16. The van der Waals surface area contributed by atoms with Crippen molar-refractivity contribution in [1.82, 2.24) is 19.5 Å². The second kappa shape index (κ2) is 9.21. The maximum absolute atomic E-state index is 14.5. The van der Waals surface area contributed by atoms with Crippen molar-refractivity contribution >= 4 is 29.5 Å². The monoisotopic (exact) mass is 486 g/mol. The summed E-state index contributed by atoms with van der Waals surface area (Å²) in [6.45, 7) is 10.4. The van der Waals surface area contributed by atoms with Crippen LogP contribution < -0.4 is 10.2 Å². The summed E-state index contributed by atoms with van der Waals surface area (Å²) in [5.74, 6) is -0.591. The zero-order chi connectivity index (χ0) is 24.6. The summed E-state index contributed by atoms with van der Waals surface area (Å²) >= 11 is 6.40. The summed E-state index contributed by atoms with van der Waals surface area (Å²) in [5.41, 5.74) is 2.64. The van der Waals surface area contributed by atoms with Crippen LogP contribution in [-0.4, -0.2) is 38.3 Å². The number of nitrogens with zero attached hydrogens (tertiary/aromatic N) is 5. The zero-order valence-corrected chi connectivity index (χ0v) is 20.6. The lowest BCUT2D eigenvalue weighted by atomic mass is 9.87. The van der Waals surface area contributed by atoms with Crippen LogP contribution in [0.1, 0.15) is 58.3 Å². The van der Waals surface area contributed by atoms with Crippen molar-refractivity contribution in [3.05, 3.63) is 59.0 Å². The molecule has 10 heteroatoms. The average Bonchev–Trinajstić information content (AvgIpc) is 3.41. The Morgan fingerprint density at radius 2 is 2.09 bits per heavy atom. The van der Waals surface area contributed by atoms with Gasteiger partial charge in [0.2, 0.25) is 5.95 Å².